The fourth-order valence-electron chi connectivity index (χ4n) is 3.73. The predicted molar refractivity (Wildman–Crippen MR) is 108 cm³/mol. The van der Waals surface area contributed by atoms with Crippen molar-refractivity contribution in [1.29, 1.82) is 0 Å². The molecule has 0 saturated carbocycles. The molecule has 1 amide bonds. The smallest absolute Gasteiger partial charge is 0.276 e. The molecule has 152 valence electrons. The zero-order valence-corrected chi connectivity index (χ0v) is 17.2. The SMILES string of the molecule is CCOc1ccc(CN2CCCC(n3cc(C(=O)N(CC)CC)nn3)C2)cc1. The van der Waals surface area contributed by atoms with Crippen LogP contribution in [0.1, 0.15) is 55.7 Å². The lowest BCUT2D eigenvalue weighted by atomic mass is 10.0. The number of rotatable bonds is 8. The number of piperidine rings is 1. The molecule has 1 fully saturated rings. The van der Waals surface area contributed by atoms with Crippen molar-refractivity contribution in [3.63, 3.8) is 0 Å². The molecule has 1 atom stereocenters. The van der Waals surface area contributed by atoms with Gasteiger partial charge in [-0.25, -0.2) is 4.68 Å². The summed E-state index contributed by atoms with van der Waals surface area (Å²) in [5.41, 5.74) is 1.72. The Hall–Kier alpha value is -2.41. The van der Waals surface area contributed by atoms with Gasteiger partial charge in [0.2, 0.25) is 0 Å². The van der Waals surface area contributed by atoms with Crippen molar-refractivity contribution in [1.82, 2.24) is 24.8 Å². The topological polar surface area (TPSA) is 63.5 Å². The molecule has 2 aromatic rings. The third-order valence-corrected chi connectivity index (χ3v) is 5.28. The van der Waals surface area contributed by atoms with Gasteiger partial charge in [0, 0.05) is 26.2 Å². The quantitative estimate of drug-likeness (QED) is 0.699. The molecule has 3 rings (SSSR count). The van der Waals surface area contributed by atoms with Crippen LogP contribution < -0.4 is 4.74 Å². The number of aromatic nitrogens is 3. The lowest BCUT2D eigenvalue weighted by Gasteiger charge is -2.32. The molecule has 0 aliphatic carbocycles. The Morgan fingerprint density at radius 1 is 1.21 bits per heavy atom. The van der Waals surface area contributed by atoms with Crippen LogP contribution in [0.2, 0.25) is 0 Å². The van der Waals surface area contributed by atoms with Gasteiger partial charge in [-0.15, -0.1) is 5.10 Å². The molecule has 1 aliphatic heterocycles. The van der Waals surface area contributed by atoms with Gasteiger partial charge in [-0.05, 0) is 57.9 Å². The van der Waals surface area contributed by atoms with Crippen LogP contribution in [-0.2, 0) is 6.54 Å². The van der Waals surface area contributed by atoms with Gasteiger partial charge in [0.15, 0.2) is 5.69 Å². The van der Waals surface area contributed by atoms with Crippen LogP contribution >= 0.6 is 0 Å². The van der Waals surface area contributed by atoms with Crippen LogP contribution in [0.15, 0.2) is 30.5 Å². The van der Waals surface area contributed by atoms with Crippen molar-refractivity contribution in [3.05, 3.63) is 41.7 Å². The molecule has 1 unspecified atom stereocenters. The number of hydrogen-bond acceptors (Lipinski definition) is 5. The molecule has 28 heavy (non-hydrogen) atoms. The lowest BCUT2D eigenvalue weighted by molar-refractivity contribution is 0.0767. The number of nitrogens with zero attached hydrogens (tertiary/aromatic N) is 5. The van der Waals surface area contributed by atoms with Crippen molar-refractivity contribution in [3.8, 4) is 5.75 Å². The van der Waals surface area contributed by atoms with Crippen LogP contribution in [0, 0.1) is 0 Å². The summed E-state index contributed by atoms with van der Waals surface area (Å²) in [5, 5.41) is 8.40. The summed E-state index contributed by atoms with van der Waals surface area (Å²) in [5.74, 6) is 0.870. The molecular weight excluding hydrogens is 354 g/mol. The summed E-state index contributed by atoms with van der Waals surface area (Å²) in [6.45, 7) is 10.9. The molecule has 1 aliphatic rings. The van der Waals surface area contributed by atoms with E-state index >= 15 is 0 Å². The van der Waals surface area contributed by atoms with E-state index in [1.807, 2.05) is 43.8 Å². The molecule has 1 aromatic heterocycles. The van der Waals surface area contributed by atoms with Crippen molar-refractivity contribution in [2.45, 2.75) is 46.2 Å². The maximum absolute atomic E-state index is 12.5. The lowest BCUT2D eigenvalue weighted by Crippen LogP contribution is -2.36. The Balaban J connectivity index is 1.61. The minimum Gasteiger partial charge on any atom is -0.494 e. The Labute approximate surface area is 167 Å². The third-order valence-electron chi connectivity index (χ3n) is 5.28. The molecule has 0 radical (unpaired) electrons. The van der Waals surface area contributed by atoms with Gasteiger partial charge in [-0.1, -0.05) is 17.3 Å². The van der Waals surface area contributed by atoms with Gasteiger partial charge >= 0.3 is 0 Å². The highest BCUT2D eigenvalue weighted by Gasteiger charge is 2.24. The van der Waals surface area contributed by atoms with Crippen LogP contribution in [0.4, 0.5) is 0 Å². The summed E-state index contributed by atoms with van der Waals surface area (Å²) < 4.78 is 7.39. The van der Waals surface area contributed by atoms with Crippen LogP contribution in [-0.4, -0.2) is 63.5 Å². The van der Waals surface area contributed by atoms with Gasteiger partial charge in [-0.3, -0.25) is 9.69 Å². The highest BCUT2D eigenvalue weighted by atomic mass is 16.5. The first-order valence-corrected chi connectivity index (χ1v) is 10.3. The van der Waals surface area contributed by atoms with Crippen molar-refractivity contribution in [2.24, 2.45) is 0 Å². The van der Waals surface area contributed by atoms with E-state index in [9.17, 15) is 4.79 Å². The Bertz CT molecular complexity index is 754. The normalized spacial score (nSPS) is 17.5. The molecule has 0 spiro atoms. The maximum atomic E-state index is 12.5. The number of benzene rings is 1. The summed E-state index contributed by atoms with van der Waals surface area (Å²) in [4.78, 5) is 16.7. The standard InChI is InChI=1S/C21H31N5O2/c1-4-25(5-2)21(27)20-16-26(23-22-20)18-8-7-13-24(15-18)14-17-9-11-19(12-10-17)28-6-3/h9-12,16,18H,4-8,13-15H2,1-3H3. The molecule has 2 heterocycles. The van der Waals surface area contributed by atoms with Crippen molar-refractivity contribution >= 4 is 5.91 Å². The number of amides is 1. The van der Waals surface area contributed by atoms with E-state index < -0.39 is 0 Å². The van der Waals surface area contributed by atoms with Crippen molar-refractivity contribution in [2.75, 3.05) is 32.8 Å². The van der Waals surface area contributed by atoms with Gasteiger partial charge in [0.25, 0.3) is 5.91 Å². The third kappa shape index (κ3) is 4.90. The summed E-state index contributed by atoms with van der Waals surface area (Å²) in [6.07, 6.45) is 3.98. The average Bonchev–Trinajstić information content (AvgIpc) is 3.21. The van der Waals surface area contributed by atoms with E-state index in [0.717, 1.165) is 38.2 Å². The van der Waals surface area contributed by atoms with Crippen molar-refractivity contribution < 1.29 is 9.53 Å². The largest absolute Gasteiger partial charge is 0.494 e. The number of carbonyl (C=O) groups excluding carboxylic acids is 1. The second kappa shape index (κ2) is 9.68. The molecule has 1 aromatic carbocycles. The number of ether oxygens (including phenoxy) is 1. The highest BCUT2D eigenvalue weighted by Crippen LogP contribution is 2.23. The summed E-state index contributed by atoms with van der Waals surface area (Å²) in [7, 11) is 0. The van der Waals surface area contributed by atoms with Gasteiger partial charge < -0.3 is 9.64 Å². The van der Waals surface area contributed by atoms with Gasteiger partial charge in [0.1, 0.15) is 5.75 Å². The van der Waals surface area contributed by atoms with Crippen LogP contribution in [0.3, 0.4) is 0 Å². The molecule has 0 N–H and O–H groups in total. The van der Waals surface area contributed by atoms with Crippen LogP contribution in [0.5, 0.6) is 5.75 Å². The Morgan fingerprint density at radius 2 is 1.96 bits per heavy atom. The molecule has 1 saturated heterocycles. The Kier molecular flexibility index (Phi) is 7.03. The zero-order chi connectivity index (χ0) is 19.9. The van der Waals surface area contributed by atoms with E-state index in [1.165, 1.54) is 5.56 Å². The predicted octanol–water partition coefficient (Wildman–Crippen LogP) is 3.00. The second-order valence-electron chi connectivity index (χ2n) is 7.17. The minimum atomic E-state index is -0.0432. The average molecular weight is 386 g/mol. The molecule has 7 nitrogen and oxygen atoms in total. The van der Waals surface area contributed by atoms with E-state index in [2.05, 4.69) is 27.3 Å². The van der Waals surface area contributed by atoms with E-state index in [1.54, 1.807) is 4.90 Å². The maximum Gasteiger partial charge on any atom is 0.276 e. The number of likely N-dealkylation sites (tertiary alicyclic amines) is 1. The van der Waals surface area contributed by atoms with Gasteiger partial charge in [-0.2, -0.15) is 0 Å². The first-order chi connectivity index (χ1) is 13.6. The first-order valence-electron chi connectivity index (χ1n) is 10.3. The molecule has 7 heteroatoms. The fraction of sp³-hybridized carbons (Fsp3) is 0.571. The second-order valence-corrected chi connectivity index (χ2v) is 7.17. The van der Waals surface area contributed by atoms with Gasteiger partial charge in [0.05, 0.1) is 18.8 Å². The number of hydrogen-bond donors (Lipinski definition) is 0. The number of carbonyl (C=O) groups is 1. The van der Waals surface area contributed by atoms with Crippen LogP contribution in [0.25, 0.3) is 0 Å². The molecular formula is C21H31N5O2. The molecule has 0 bridgehead atoms. The van der Waals surface area contributed by atoms with E-state index in [-0.39, 0.29) is 11.9 Å². The van der Waals surface area contributed by atoms with E-state index in [0.29, 0.717) is 25.4 Å². The highest BCUT2D eigenvalue weighted by molar-refractivity contribution is 5.91. The fourth-order valence-corrected chi connectivity index (χ4v) is 3.73. The summed E-state index contributed by atoms with van der Waals surface area (Å²) >= 11 is 0. The zero-order valence-electron chi connectivity index (χ0n) is 17.2. The Morgan fingerprint density at radius 3 is 2.64 bits per heavy atom. The van der Waals surface area contributed by atoms with E-state index in [4.69, 9.17) is 4.74 Å². The first kappa shape index (κ1) is 20.3. The summed E-state index contributed by atoms with van der Waals surface area (Å²) in [6, 6.07) is 8.57. The minimum absolute atomic E-state index is 0.0432. The monoisotopic (exact) mass is 385 g/mol.